The lowest BCUT2D eigenvalue weighted by Gasteiger charge is -2.15. The summed E-state index contributed by atoms with van der Waals surface area (Å²) in [7, 11) is 0. The van der Waals surface area contributed by atoms with Crippen LogP contribution in [0.2, 0.25) is 10.0 Å². The first kappa shape index (κ1) is 17.5. The Morgan fingerprint density at radius 2 is 1.88 bits per heavy atom. The van der Waals surface area contributed by atoms with Gasteiger partial charge in [-0.1, -0.05) is 53.5 Å². The SMILES string of the molecule is Cc1nnc(C(Cc2ccccc2)NC(=O)c2ccc(Cl)c(Cl)c2)o1. The number of hydrogen-bond donors (Lipinski definition) is 1. The molecular weight excluding hydrogens is 361 g/mol. The van der Waals surface area contributed by atoms with Gasteiger partial charge < -0.3 is 9.73 Å². The lowest BCUT2D eigenvalue weighted by atomic mass is 10.1. The molecule has 0 saturated heterocycles. The van der Waals surface area contributed by atoms with E-state index in [0.29, 0.717) is 33.8 Å². The molecule has 0 aliphatic carbocycles. The van der Waals surface area contributed by atoms with Crippen LogP contribution in [-0.2, 0) is 6.42 Å². The molecule has 3 aromatic rings. The van der Waals surface area contributed by atoms with Gasteiger partial charge in [-0.25, -0.2) is 0 Å². The van der Waals surface area contributed by atoms with E-state index in [1.165, 1.54) is 6.07 Å². The number of halogens is 2. The Hall–Kier alpha value is -2.37. The third-order valence-corrected chi connectivity index (χ3v) is 4.35. The lowest BCUT2D eigenvalue weighted by molar-refractivity contribution is 0.0929. The predicted octanol–water partition coefficient (Wildman–Crippen LogP) is 4.40. The van der Waals surface area contributed by atoms with Gasteiger partial charge in [0.2, 0.25) is 11.8 Å². The van der Waals surface area contributed by atoms with E-state index in [4.69, 9.17) is 27.6 Å². The van der Waals surface area contributed by atoms with Crippen LogP contribution in [-0.4, -0.2) is 16.1 Å². The molecule has 0 aliphatic heterocycles. The zero-order valence-corrected chi connectivity index (χ0v) is 14.9. The highest BCUT2D eigenvalue weighted by atomic mass is 35.5. The van der Waals surface area contributed by atoms with Gasteiger partial charge in [0.25, 0.3) is 5.91 Å². The quantitative estimate of drug-likeness (QED) is 0.717. The van der Waals surface area contributed by atoms with Gasteiger partial charge in [-0.05, 0) is 23.8 Å². The van der Waals surface area contributed by atoms with Crippen molar-refractivity contribution in [2.24, 2.45) is 0 Å². The van der Waals surface area contributed by atoms with E-state index in [1.54, 1.807) is 19.1 Å². The topological polar surface area (TPSA) is 68.0 Å². The first-order chi connectivity index (χ1) is 12.0. The van der Waals surface area contributed by atoms with E-state index in [9.17, 15) is 4.79 Å². The van der Waals surface area contributed by atoms with Crippen molar-refractivity contribution >= 4 is 29.1 Å². The number of carbonyl (C=O) groups excluding carboxylic acids is 1. The molecule has 1 unspecified atom stereocenters. The summed E-state index contributed by atoms with van der Waals surface area (Å²) in [5.41, 5.74) is 1.45. The Labute approximate surface area is 155 Å². The summed E-state index contributed by atoms with van der Waals surface area (Å²) < 4.78 is 5.51. The second-order valence-corrected chi connectivity index (χ2v) is 6.32. The van der Waals surface area contributed by atoms with Crippen LogP contribution in [0.15, 0.2) is 52.9 Å². The zero-order chi connectivity index (χ0) is 17.8. The van der Waals surface area contributed by atoms with Crippen molar-refractivity contribution in [1.82, 2.24) is 15.5 Å². The Morgan fingerprint density at radius 1 is 1.12 bits per heavy atom. The number of amides is 1. The minimum absolute atomic E-state index is 0.296. The number of carbonyl (C=O) groups is 1. The highest BCUT2D eigenvalue weighted by molar-refractivity contribution is 6.42. The van der Waals surface area contributed by atoms with Crippen LogP contribution in [0.1, 0.15) is 33.7 Å². The number of rotatable bonds is 5. The van der Waals surface area contributed by atoms with E-state index >= 15 is 0 Å². The van der Waals surface area contributed by atoms with Crippen LogP contribution < -0.4 is 5.32 Å². The van der Waals surface area contributed by atoms with Crippen LogP contribution >= 0.6 is 23.2 Å². The molecule has 1 aromatic heterocycles. The Bertz CT molecular complexity index is 881. The average molecular weight is 376 g/mol. The maximum Gasteiger partial charge on any atom is 0.251 e. The number of aromatic nitrogens is 2. The Morgan fingerprint density at radius 3 is 2.52 bits per heavy atom. The van der Waals surface area contributed by atoms with E-state index in [1.807, 2.05) is 30.3 Å². The molecule has 0 saturated carbocycles. The molecule has 0 fully saturated rings. The summed E-state index contributed by atoms with van der Waals surface area (Å²) in [5.74, 6) is 0.502. The van der Waals surface area contributed by atoms with Gasteiger partial charge in [0.05, 0.1) is 10.0 Å². The van der Waals surface area contributed by atoms with Crippen LogP contribution in [0.4, 0.5) is 0 Å². The van der Waals surface area contributed by atoms with Gasteiger partial charge in [-0.15, -0.1) is 10.2 Å². The highest BCUT2D eigenvalue weighted by Gasteiger charge is 2.22. The summed E-state index contributed by atoms with van der Waals surface area (Å²) >= 11 is 11.9. The maximum atomic E-state index is 12.6. The molecule has 0 aliphatic rings. The monoisotopic (exact) mass is 375 g/mol. The second kappa shape index (κ2) is 7.68. The fraction of sp³-hybridized carbons (Fsp3) is 0.167. The molecule has 0 spiro atoms. The molecule has 25 heavy (non-hydrogen) atoms. The molecule has 1 heterocycles. The van der Waals surface area contributed by atoms with E-state index < -0.39 is 6.04 Å². The minimum Gasteiger partial charge on any atom is -0.423 e. The largest absolute Gasteiger partial charge is 0.423 e. The van der Waals surface area contributed by atoms with Gasteiger partial charge in [0.1, 0.15) is 6.04 Å². The summed E-state index contributed by atoms with van der Waals surface area (Å²) in [5, 5.41) is 11.5. The summed E-state index contributed by atoms with van der Waals surface area (Å²) in [6, 6.07) is 14.0. The summed E-state index contributed by atoms with van der Waals surface area (Å²) in [4.78, 5) is 12.6. The van der Waals surface area contributed by atoms with Crippen molar-refractivity contribution < 1.29 is 9.21 Å². The molecule has 5 nitrogen and oxygen atoms in total. The van der Waals surface area contributed by atoms with Crippen LogP contribution in [0.25, 0.3) is 0 Å². The molecule has 128 valence electrons. The second-order valence-electron chi connectivity index (χ2n) is 5.50. The Balaban J connectivity index is 1.83. The molecule has 1 amide bonds. The molecule has 2 aromatic carbocycles. The van der Waals surface area contributed by atoms with Crippen molar-refractivity contribution in [3.05, 3.63) is 81.5 Å². The fourth-order valence-corrected chi connectivity index (χ4v) is 2.68. The molecule has 7 heteroatoms. The molecular formula is C18H15Cl2N3O2. The lowest BCUT2D eigenvalue weighted by Crippen LogP contribution is -2.30. The van der Waals surface area contributed by atoms with Gasteiger partial charge >= 0.3 is 0 Å². The molecule has 1 atom stereocenters. The number of nitrogens with zero attached hydrogens (tertiary/aromatic N) is 2. The molecule has 0 radical (unpaired) electrons. The predicted molar refractivity (Wildman–Crippen MR) is 95.9 cm³/mol. The third-order valence-electron chi connectivity index (χ3n) is 3.61. The first-order valence-corrected chi connectivity index (χ1v) is 8.38. The molecule has 0 bridgehead atoms. The van der Waals surface area contributed by atoms with Crippen LogP contribution in [0.5, 0.6) is 0 Å². The van der Waals surface area contributed by atoms with Crippen molar-refractivity contribution in [3.8, 4) is 0 Å². The average Bonchev–Trinajstić information content (AvgIpc) is 3.04. The number of hydrogen-bond acceptors (Lipinski definition) is 4. The van der Waals surface area contributed by atoms with E-state index in [-0.39, 0.29) is 5.91 Å². The standard InChI is InChI=1S/C18H15Cl2N3O2/c1-11-22-23-18(25-11)16(9-12-5-3-2-4-6-12)21-17(24)13-7-8-14(19)15(20)10-13/h2-8,10,16H,9H2,1H3,(H,21,24). The van der Waals surface area contributed by atoms with Gasteiger partial charge in [-0.3, -0.25) is 4.79 Å². The fourth-order valence-electron chi connectivity index (χ4n) is 2.38. The normalized spacial score (nSPS) is 12.0. The first-order valence-electron chi connectivity index (χ1n) is 7.63. The van der Waals surface area contributed by atoms with Gasteiger partial charge in [-0.2, -0.15) is 0 Å². The van der Waals surface area contributed by atoms with Crippen molar-refractivity contribution in [1.29, 1.82) is 0 Å². The summed E-state index contributed by atoms with van der Waals surface area (Å²) in [6.45, 7) is 1.71. The van der Waals surface area contributed by atoms with Gasteiger partial charge in [0.15, 0.2) is 0 Å². The number of benzene rings is 2. The van der Waals surface area contributed by atoms with Crippen molar-refractivity contribution in [2.45, 2.75) is 19.4 Å². The number of aryl methyl sites for hydroxylation is 1. The van der Waals surface area contributed by atoms with Crippen LogP contribution in [0.3, 0.4) is 0 Å². The van der Waals surface area contributed by atoms with Crippen molar-refractivity contribution in [2.75, 3.05) is 0 Å². The van der Waals surface area contributed by atoms with Crippen LogP contribution in [0, 0.1) is 6.92 Å². The molecule has 1 N–H and O–H groups in total. The highest BCUT2D eigenvalue weighted by Crippen LogP contribution is 2.23. The molecule has 3 rings (SSSR count). The zero-order valence-electron chi connectivity index (χ0n) is 13.4. The minimum atomic E-state index is -0.453. The van der Waals surface area contributed by atoms with E-state index in [0.717, 1.165) is 5.56 Å². The Kier molecular flexibility index (Phi) is 5.36. The number of nitrogens with one attached hydrogen (secondary N) is 1. The third kappa shape index (κ3) is 4.38. The summed E-state index contributed by atoms with van der Waals surface area (Å²) in [6.07, 6.45) is 0.523. The van der Waals surface area contributed by atoms with Crippen molar-refractivity contribution in [3.63, 3.8) is 0 Å². The van der Waals surface area contributed by atoms with E-state index in [2.05, 4.69) is 15.5 Å². The smallest absolute Gasteiger partial charge is 0.251 e. The van der Waals surface area contributed by atoms with Gasteiger partial charge in [0, 0.05) is 18.9 Å². The maximum absolute atomic E-state index is 12.6.